The van der Waals surface area contributed by atoms with Gasteiger partial charge in [-0.05, 0) is 25.8 Å². The number of nitrogens with two attached hydrogens (primary N) is 1. The second kappa shape index (κ2) is 5.53. The first-order chi connectivity index (χ1) is 9.74. The number of rotatable bonds is 2. The Balaban J connectivity index is 1.96. The summed E-state index contributed by atoms with van der Waals surface area (Å²) in [7, 11) is 0. The summed E-state index contributed by atoms with van der Waals surface area (Å²) >= 11 is 0. The lowest BCUT2D eigenvalue weighted by atomic mass is 10.2. The van der Waals surface area contributed by atoms with Crippen molar-refractivity contribution in [2.45, 2.75) is 32.6 Å². The highest BCUT2D eigenvalue weighted by molar-refractivity contribution is 5.65. The molecule has 0 unspecified atom stereocenters. The van der Waals surface area contributed by atoms with E-state index in [0.717, 1.165) is 36.1 Å². The summed E-state index contributed by atoms with van der Waals surface area (Å²) in [6.45, 7) is 3.94. The Bertz CT molecular complexity index is 585. The van der Waals surface area contributed by atoms with E-state index >= 15 is 0 Å². The maximum absolute atomic E-state index is 5.95. The van der Waals surface area contributed by atoms with Gasteiger partial charge in [-0.1, -0.05) is 12.8 Å². The molecule has 0 aromatic carbocycles. The Labute approximate surface area is 118 Å². The number of nitrogens with zero attached hydrogens (tertiary/aromatic N) is 3. The summed E-state index contributed by atoms with van der Waals surface area (Å²) in [5.41, 5.74) is 7.77. The molecule has 5 heteroatoms. The van der Waals surface area contributed by atoms with E-state index in [-0.39, 0.29) is 0 Å². The molecule has 0 bridgehead atoms. The van der Waals surface area contributed by atoms with E-state index in [2.05, 4.69) is 14.9 Å². The van der Waals surface area contributed by atoms with Crippen LogP contribution >= 0.6 is 0 Å². The number of aryl methyl sites for hydroxylation is 1. The molecule has 2 aromatic rings. The number of aromatic nitrogens is 2. The third-order valence-corrected chi connectivity index (χ3v) is 3.76. The number of hydrogen-bond donors (Lipinski definition) is 1. The zero-order valence-electron chi connectivity index (χ0n) is 11.8. The summed E-state index contributed by atoms with van der Waals surface area (Å²) in [5, 5.41) is 0. The molecule has 0 aliphatic carbocycles. The van der Waals surface area contributed by atoms with Crippen LogP contribution in [0.2, 0.25) is 0 Å². The molecule has 1 saturated heterocycles. The van der Waals surface area contributed by atoms with Crippen LogP contribution < -0.4 is 10.6 Å². The second-order valence-electron chi connectivity index (χ2n) is 5.27. The average molecular weight is 272 g/mol. The maximum Gasteiger partial charge on any atom is 0.227 e. The van der Waals surface area contributed by atoms with E-state index in [4.69, 9.17) is 10.2 Å². The lowest BCUT2D eigenvalue weighted by Gasteiger charge is -2.20. The highest BCUT2D eigenvalue weighted by Crippen LogP contribution is 2.26. The zero-order chi connectivity index (χ0) is 13.9. The Morgan fingerprint density at radius 1 is 1.15 bits per heavy atom. The van der Waals surface area contributed by atoms with Gasteiger partial charge in [0.2, 0.25) is 5.95 Å². The van der Waals surface area contributed by atoms with Crippen molar-refractivity contribution >= 4 is 11.8 Å². The fourth-order valence-corrected chi connectivity index (χ4v) is 2.65. The van der Waals surface area contributed by atoms with Crippen LogP contribution in [0.4, 0.5) is 11.8 Å². The summed E-state index contributed by atoms with van der Waals surface area (Å²) < 4.78 is 5.35. The third kappa shape index (κ3) is 2.61. The van der Waals surface area contributed by atoms with E-state index in [1.54, 1.807) is 12.3 Å². The normalized spacial score (nSPS) is 16.1. The van der Waals surface area contributed by atoms with Gasteiger partial charge in [0.25, 0.3) is 0 Å². The Kier molecular flexibility index (Phi) is 3.58. The number of hydrogen-bond acceptors (Lipinski definition) is 5. The van der Waals surface area contributed by atoms with Gasteiger partial charge >= 0.3 is 0 Å². The van der Waals surface area contributed by atoms with Crippen LogP contribution in [0.1, 0.15) is 31.4 Å². The zero-order valence-corrected chi connectivity index (χ0v) is 11.8. The van der Waals surface area contributed by atoms with Crippen molar-refractivity contribution in [2.24, 2.45) is 0 Å². The largest absolute Gasteiger partial charge is 0.469 e. The van der Waals surface area contributed by atoms with E-state index in [9.17, 15) is 0 Å². The molecule has 0 spiro atoms. The van der Waals surface area contributed by atoms with Gasteiger partial charge in [-0.25, -0.2) is 4.98 Å². The minimum Gasteiger partial charge on any atom is -0.469 e. The predicted octanol–water partition coefficient (Wildman–Crippen LogP) is 3.01. The predicted molar refractivity (Wildman–Crippen MR) is 79.6 cm³/mol. The fourth-order valence-electron chi connectivity index (χ4n) is 2.65. The Hall–Kier alpha value is -2.04. The van der Waals surface area contributed by atoms with Crippen molar-refractivity contribution < 1.29 is 4.42 Å². The first-order valence-electron chi connectivity index (χ1n) is 7.18. The standard InChI is InChI=1S/C15H20N4O/c1-11-12(6-9-20-11)13-10-14(16)18-15(17-13)19-7-4-2-3-5-8-19/h6,9-10H,2-5,7-8H2,1H3,(H2,16,17,18). The van der Waals surface area contributed by atoms with Crippen LogP contribution in [0.15, 0.2) is 22.8 Å². The van der Waals surface area contributed by atoms with Gasteiger partial charge in [0.05, 0.1) is 12.0 Å². The molecule has 2 N–H and O–H groups in total. The molecule has 0 atom stereocenters. The Morgan fingerprint density at radius 3 is 2.55 bits per heavy atom. The molecule has 0 amide bonds. The first-order valence-corrected chi connectivity index (χ1v) is 7.18. The summed E-state index contributed by atoms with van der Waals surface area (Å²) in [4.78, 5) is 11.3. The summed E-state index contributed by atoms with van der Waals surface area (Å²) in [6.07, 6.45) is 6.63. The molecular weight excluding hydrogens is 252 g/mol. The van der Waals surface area contributed by atoms with E-state index in [1.807, 2.05) is 13.0 Å². The summed E-state index contributed by atoms with van der Waals surface area (Å²) in [5.74, 6) is 2.10. The molecule has 1 aliphatic heterocycles. The van der Waals surface area contributed by atoms with Gasteiger partial charge in [0.1, 0.15) is 11.6 Å². The Morgan fingerprint density at radius 2 is 1.90 bits per heavy atom. The SMILES string of the molecule is Cc1occc1-c1cc(N)nc(N2CCCCCC2)n1. The molecule has 0 saturated carbocycles. The third-order valence-electron chi connectivity index (χ3n) is 3.76. The molecule has 20 heavy (non-hydrogen) atoms. The van der Waals surface area contributed by atoms with Crippen LogP contribution in [0, 0.1) is 6.92 Å². The molecule has 2 aromatic heterocycles. The van der Waals surface area contributed by atoms with E-state index in [1.165, 1.54) is 25.7 Å². The molecule has 0 radical (unpaired) electrons. The minimum absolute atomic E-state index is 0.509. The molecule has 106 valence electrons. The van der Waals surface area contributed by atoms with Crippen molar-refractivity contribution in [1.82, 2.24) is 9.97 Å². The van der Waals surface area contributed by atoms with Gasteiger partial charge in [-0.3, -0.25) is 0 Å². The van der Waals surface area contributed by atoms with Gasteiger partial charge in [0.15, 0.2) is 0 Å². The second-order valence-corrected chi connectivity index (χ2v) is 5.27. The number of anilines is 2. The summed E-state index contributed by atoms with van der Waals surface area (Å²) in [6, 6.07) is 3.72. The van der Waals surface area contributed by atoms with Crippen LogP contribution in [0.25, 0.3) is 11.3 Å². The molecule has 1 fully saturated rings. The van der Waals surface area contributed by atoms with Crippen molar-refractivity contribution in [1.29, 1.82) is 0 Å². The smallest absolute Gasteiger partial charge is 0.227 e. The van der Waals surface area contributed by atoms with Crippen LogP contribution in [0.3, 0.4) is 0 Å². The highest BCUT2D eigenvalue weighted by atomic mass is 16.3. The quantitative estimate of drug-likeness (QED) is 0.910. The van der Waals surface area contributed by atoms with Crippen LogP contribution in [-0.4, -0.2) is 23.1 Å². The van der Waals surface area contributed by atoms with Crippen LogP contribution in [-0.2, 0) is 0 Å². The number of furan rings is 1. The lowest BCUT2D eigenvalue weighted by Crippen LogP contribution is -2.26. The molecular formula is C15H20N4O. The van der Waals surface area contributed by atoms with Gasteiger partial charge < -0.3 is 15.1 Å². The van der Waals surface area contributed by atoms with Gasteiger partial charge in [0, 0.05) is 24.7 Å². The monoisotopic (exact) mass is 272 g/mol. The lowest BCUT2D eigenvalue weighted by molar-refractivity contribution is 0.535. The van der Waals surface area contributed by atoms with Gasteiger partial charge in [-0.2, -0.15) is 4.98 Å². The van der Waals surface area contributed by atoms with Crippen molar-refractivity contribution in [3.05, 3.63) is 24.2 Å². The molecule has 5 nitrogen and oxygen atoms in total. The minimum atomic E-state index is 0.509. The molecule has 1 aliphatic rings. The van der Waals surface area contributed by atoms with E-state index < -0.39 is 0 Å². The number of nitrogen functional groups attached to an aromatic ring is 1. The molecule has 3 rings (SSSR count). The first kappa shape index (κ1) is 13.0. The van der Waals surface area contributed by atoms with Crippen LogP contribution in [0.5, 0.6) is 0 Å². The average Bonchev–Trinajstić information content (AvgIpc) is 2.70. The van der Waals surface area contributed by atoms with Crippen molar-refractivity contribution in [3.63, 3.8) is 0 Å². The van der Waals surface area contributed by atoms with E-state index in [0.29, 0.717) is 5.82 Å². The fraction of sp³-hybridized carbons (Fsp3) is 0.467. The highest BCUT2D eigenvalue weighted by Gasteiger charge is 2.15. The van der Waals surface area contributed by atoms with Gasteiger partial charge in [-0.15, -0.1) is 0 Å². The molecule has 3 heterocycles. The van der Waals surface area contributed by atoms with Crippen molar-refractivity contribution in [2.75, 3.05) is 23.7 Å². The van der Waals surface area contributed by atoms with Crippen molar-refractivity contribution in [3.8, 4) is 11.3 Å². The maximum atomic E-state index is 5.95. The topological polar surface area (TPSA) is 68.2 Å².